The Morgan fingerprint density at radius 2 is 1.80 bits per heavy atom. The minimum Gasteiger partial charge on any atom is -0.506 e. The lowest BCUT2D eigenvalue weighted by molar-refractivity contribution is -0.145. The van der Waals surface area contributed by atoms with Gasteiger partial charge in [-0.25, -0.2) is 34.4 Å². The minimum atomic E-state index is -1.48. The van der Waals surface area contributed by atoms with Crippen LogP contribution in [-0.2, 0) is 30.9 Å². The number of aliphatic hydroxyl groups is 1. The number of aliphatic carboxylic acids is 1. The Hall–Kier alpha value is -6.23. The van der Waals surface area contributed by atoms with Gasteiger partial charge >= 0.3 is 5.97 Å². The quantitative estimate of drug-likeness (QED) is 0.0766. The summed E-state index contributed by atoms with van der Waals surface area (Å²) >= 11 is 8.20. The average Bonchev–Trinajstić information content (AvgIpc) is 3.64. The summed E-state index contributed by atoms with van der Waals surface area (Å²) < 4.78 is 26.8. The zero-order chi connectivity index (χ0) is 41.0. The van der Waals surface area contributed by atoms with E-state index in [1.54, 1.807) is 60.8 Å². The number of nitrogens with zero attached hydrogens (tertiary/aromatic N) is 5. The molecule has 16 heteroatoms. The molecule has 4 aromatic carbocycles. The second kappa shape index (κ2) is 17.3. The molecule has 2 aliphatic rings. The van der Waals surface area contributed by atoms with Crippen LogP contribution >= 0.6 is 22.9 Å². The van der Waals surface area contributed by atoms with Crippen LogP contribution in [0, 0.1) is 5.82 Å². The number of aliphatic hydroxyl groups excluding tert-OH is 1. The summed E-state index contributed by atoms with van der Waals surface area (Å²) in [5, 5.41) is 42.1. The van der Waals surface area contributed by atoms with Crippen LogP contribution in [0.2, 0.25) is 5.02 Å². The van der Waals surface area contributed by atoms with Crippen molar-refractivity contribution in [3.63, 3.8) is 0 Å². The van der Waals surface area contributed by atoms with E-state index in [1.165, 1.54) is 29.8 Å². The fraction of sp³-hybridized carbons (Fsp3) is 0.186. The molecule has 0 amide bonds. The first-order valence-corrected chi connectivity index (χ1v) is 19.6. The Bertz CT molecular complexity index is 2670. The Morgan fingerprint density at radius 1 is 0.966 bits per heavy atom. The number of para-hydroxylation sites is 1. The summed E-state index contributed by atoms with van der Waals surface area (Å²) in [7, 11) is 0. The number of aromatic nitrogens is 4. The standard InChI is InChI=1S/C43H35ClFN5O8S/c44-37-26-9-12-31(38(37)52)35-36-41(47-23-48-42(36)59-39(35)25-7-10-28(45)11-8-25)57-34(43(53)54)19-27-18-24(20-50(21-26)16-3-17-51)6-13-32(27)56-22-29-14-15-46-40(49-29)30-4-1-2-5-33(30)58-55/h1-2,4-15,18,23,34,51-52,55H,3,16-17,19-22H2,(H,53,54)/t34-/m1/s1. The third-order valence-electron chi connectivity index (χ3n) is 9.83. The molecule has 13 nitrogen and oxygen atoms in total. The highest BCUT2D eigenvalue weighted by atomic mass is 35.5. The number of benzene rings is 4. The fourth-order valence-electron chi connectivity index (χ4n) is 7.03. The van der Waals surface area contributed by atoms with Crippen molar-refractivity contribution in [3.05, 3.63) is 131 Å². The first-order chi connectivity index (χ1) is 28.7. The maximum Gasteiger partial charge on any atom is 0.345 e. The van der Waals surface area contributed by atoms with Crippen molar-refractivity contribution in [2.45, 2.75) is 38.6 Å². The molecule has 0 saturated heterocycles. The zero-order valence-electron chi connectivity index (χ0n) is 31.1. The van der Waals surface area contributed by atoms with E-state index in [2.05, 4.69) is 29.7 Å². The molecular formula is C43H35ClFN5O8S. The molecule has 0 aliphatic carbocycles. The van der Waals surface area contributed by atoms with Gasteiger partial charge in [-0.1, -0.05) is 60.1 Å². The van der Waals surface area contributed by atoms with Gasteiger partial charge in [-0.3, -0.25) is 4.90 Å². The van der Waals surface area contributed by atoms with Crippen LogP contribution in [0.1, 0.15) is 28.8 Å². The van der Waals surface area contributed by atoms with Gasteiger partial charge in [0.15, 0.2) is 11.6 Å². The van der Waals surface area contributed by atoms with Crippen molar-refractivity contribution < 1.29 is 44.1 Å². The Labute approximate surface area is 345 Å². The van der Waals surface area contributed by atoms with Crippen molar-refractivity contribution in [1.82, 2.24) is 24.8 Å². The zero-order valence-corrected chi connectivity index (χ0v) is 32.7. The van der Waals surface area contributed by atoms with Gasteiger partial charge in [0.25, 0.3) is 0 Å². The van der Waals surface area contributed by atoms with E-state index in [-0.39, 0.29) is 42.0 Å². The molecule has 4 bridgehead atoms. The smallest absolute Gasteiger partial charge is 0.345 e. The third-order valence-corrected chi connectivity index (χ3v) is 11.4. The molecule has 0 unspecified atom stereocenters. The number of fused-ring (bicyclic) bond motifs is 6. The number of phenols is 1. The van der Waals surface area contributed by atoms with Crippen molar-refractivity contribution in [3.8, 4) is 56.1 Å². The molecule has 9 rings (SSSR count). The van der Waals surface area contributed by atoms with Crippen molar-refractivity contribution in [2.75, 3.05) is 13.2 Å². The second-order valence-corrected chi connectivity index (χ2v) is 15.1. The van der Waals surface area contributed by atoms with Crippen LogP contribution in [0.3, 0.4) is 0 Å². The van der Waals surface area contributed by atoms with Crippen LogP contribution < -0.4 is 14.4 Å². The van der Waals surface area contributed by atoms with E-state index in [0.717, 1.165) is 5.56 Å². The highest BCUT2D eigenvalue weighted by molar-refractivity contribution is 7.22. The van der Waals surface area contributed by atoms with Gasteiger partial charge in [0.2, 0.25) is 12.0 Å². The molecule has 1 atom stereocenters. The molecule has 300 valence electrons. The number of carbonyl (C=O) groups is 1. The molecule has 2 aliphatic heterocycles. The van der Waals surface area contributed by atoms with Gasteiger partial charge in [-0.2, -0.15) is 0 Å². The Morgan fingerprint density at radius 3 is 2.59 bits per heavy atom. The van der Waals surface area contributed by atoms with Gasteiger partial charge in [-0.15, -0.1) is 11.3 Å². The largest absolute Gasteiger partial charge is 0.506 e. The number of hydrogen-bond acceptors (Lipinski definition) is 13. The molecule has 4 N–H and O–H groups in total. The van der Waals surface area contributed by atoms with Gasteiger partial charge in [0.1, 0.15) is 35.1 Å². The summed E-state index contributed by atoms with van der Waals surface area (Å²) in [4.78, 5) is 38.6. The summed E-state index contributed by atoms with van der Waals surface area (Å²) in [6.45, 7) is 1.11. The summed E-state index contributed by atoms with van der Waals surface area (Å²) in [5.74, 6) is -1.08. The van der Waals surface area contributed by atoms with Gasteiger partial charge in [0.05, 0.1) is 21.7 Å². The maximum atomic E-state index is 14.1. The lowest BCUT2D eigenvalue weighted by Crippen LogP contribution is -2.30. The Kier molecular flexibility index (Phi) is 11.6. The number of carboxylic acid groups (broad SMARTS) is 1. The van der Waals surface area contributed by atoms with E-state index in [1.807, 2.05) is 18.2 Å². The first kappa shape index (κ1) is 39.6. The van der Waals surface area contributed by atoms with E-state index < -0.39 is 17.9 Å². The predicted octanol–water partition coefficient (Wildman–Crippen LogP) is 8.18. The number of thiophene rings is 1. The molecule has 0 radical (unpaired) electrons. The average molecular weight is 836 g/mol. The molecule has 0 spiro atoms. The molecule has 7 aromatic rings. The number of phenolic OH excluding ortho intramolecular Hbond substituents is 1. The molecule has 59 heavy (non-hydrogen) atoms. The van der Waals surface area contributed by atoms with Gasteiger partial charge < -0.3 is 29.7 Å². The van der Waals surface area contributed by atoms with Crippen LogP contribution in [-0.4, -0.2) is 70.6 Å². The minimum absolute atomic E-state index is 0.0141. The summed E-state index contributed by atoms with van der Waals surface area (Å²) in [6, 6.07) is 23.3. The maximum absolute atomic E-state index is 14.1. The van der Waals surface area contributed by atoms with Gasteiger partial charge in [-0.05, 0) is 65.1 Å². The number of aromatic hydroxyl groups is 1. The SMILES string of the molecule is O=C(O)[C@H]1Cc2cc(ccc2OCc2ccnc(-c3ccccc3OO)n2)CN(CCCO)Cc2ccc(c(O)c2Cl)-c2c(-c3ccc(F)cc3)sc3ncnc(c23)O1. The fourth-order valence-corrected chi connectivity index (χ4v) is 8.41. The Balaban J connectivity index is 1.23. The molecule has 0 saturated carbocycles. The number of ether oxygens (including phenoxy) is 2. The third kappa shape index (κ3) is 8.37. The van der Waals surface area contributed by atoms with Crippen LogP contribution in [0.4, 0.5) is 4.39 Å². The second-order valence-electron chi connectivity index (χ2n) is 13.7. The number of hydrogen-bond donors (Lipinski definition) is 4. The monoisotopic (exact) mass is 835 g/mol. The number of carboxylic acids is 1. The number of rotatable bonds is 10. The van der Waals surface area contributed by atoms with Crippen LogP contribution in [0.5, 0.6) is 23.1 Å². The molecule has 0 fully saturated rings. The van der Waals surface area contributed by atoms with E-state index >= 15 is 0 Å². The van der Waals surface area contributed by atoms with E-state index in [0.29, 0.717) is 91.8 Å². The summed E-state index contributed by atoms with van der Waals surface area (Å²) in [5.41, 5.74) is 4.34. The molecular weight excluding hydrogens is 801 g/mol. The van der Waals surface area contributed by atoms with E-state index in [9.17, 15) is 29.8 Å². The van der Waals surface area contributed by atoms with Crippen LogP contribution in [0.15, 0.2) is 97.5 Å². The van der Waals surface area contributed by atoms with Crippen molar-refractivity contribution in [1.29, 1.82) is 0 Å². The first-order valence-electron chi connectivity index (χ1n) is 18.4. The van der Waals surface area contributed by atoms with Gasteiger partial charge in [0, 0.05) is 54.9 Å². The van der Waals surface area contributed by atoms with Crippen LogP contribution in [0.25, 0.3) is 43.2 Å². The normalized spacial score (nSPS) is 14.3. The topological polar surface area (TPSA) is 180 Å². The van der Waals surface area contributed by atoms with Crippen molar-refractivity contribution in [2.24, 2.45) is 0 Å². The highest BCUT2D eigenvalue weighted by Crippen LogP contribution is 2.51. The number of halogens is 2. The molecule has 5 heterocycles. The lowest BCUT2D eigenvalue weighted by atomic mass is 9.97. The lowest BCUT2D eigenvalue weighted by Gasteiger charge is -2.25. The summed E-state index contributed by atoms with van der Waals surface area (Å²) in [6.07, 6.45) is 1.67. The molecule has 3 aromatic heterocycles. The highest BCUT2D eigenvalue weighted by Gasteiger charge is 2.29. The predicted molar refractivity (Wildman–Crippen MR) is 218 cm³/mol. The van der Waals surface area contributed by atoms with Crippen molar-refractivity contribution >= 4 is 39.1 Å². The van der Waals surface area contributed by atoms with E-state index in [4.69, 9.17) is 21.1 Å².